The SMILES string of the molecule is COc1cccc(C(O)COC2CCC(=NO)CC2)c1. The standard InChI is InChI=1S/C15H21NO4/c1-19-14-4-2-3-11(9-14)15(17)10-20-13-7-5-12(16-18)6-8-13/h2-4,9,13,15,17-18H,5-8,10H2,1H3. The summed E-state index contributed by atoms with van der Waals surface area (Å²) in [4.78, 5) is 0. The first-order valence-electron chi connectivity index (χ1n) is 6.86. The van der Waals surface area contributed by atoms with Crippen LogP contribution in [-0.2, 0) is 4.74 Å². The number of hydrogen-bond acceptors (Lipinski definition) is 5. The fourth-order valence-corrected chi connectivity index (χ4v) is 2.36. The lowest BCUT2D eigenvalue weighted by atomic mass is 9.96. The third-order valence-electron chi connectivity index (χ3n) is 3.62. The van der Waals surface area contributed by atoms with Crippen molar-refractivity contribution in [3.8, 4) is 5.75 Å². The van der Waals surface area contributed by atoms with Gasteiger partial charge < -0.3 is 19.8 Å². The average Bonchev–Trinajstić information content (AvgIpc) is 2.53. The molecule has 0 heterocycles. The quantitative estimate of drug-likeness (QED) is 0.641. The molecule has 1 aromatic rings. The van der Waals surface area contributed by atoms with Gasteiger partial charge in [0.15, 0.2) is 0 Å². The smallest absolute Gasteiger partial charge is 0.119 e. The van der Waals surface area contributed by atoms with Crippen LogP contribution in [-0.4, -0.2) is 35.8 Å². The van der Waals surface area contributed by atoms with Gasteiger partial charge >= 0.3 is 0 Å². The number of benzene rings is 1. The van der Waals surface area contributed by atoms with E-state index in [4.69, 9.17) is 14.7 Å². The molecule has 1 aliphatic carbocycles. The number of rotatable bonds is 5. The Balaban J connectivity index is 1.81. The fraction of sp³-hybridized carbons (Fsp3) is 0.533. The molecule has 1 aliphatic rings. The van der Waals surface area contributed by atoms with Crippen molar-refractivity contribution in [1.82, 2.24) is 0 Å². The Hall–Kier alpha value is -1.59. The predicted molar refractivity (Wildman–Crippen MR) is 75.4 cm³/mol. The lowest BCUT2D eigenvalue weighted by Gasteiger charge is -2.24. The van der Waals surface area contributed by atoms with E-state index in [0.717, 1.165) is 42.7 Å². The minimum Gasteiger partial charge on any atom is -0.497 e. The van der Waals surface area contributed by atoms with Gasteiger partial charge in [0.2, 0.25) is 0 Å². The molecule has 2 rings (SSSR count). The Bertz CT molecular complexity index is 451. The molecule has 0 saturated heterocycles. The van der Waals surface area contributed by atoms with Crippen LogP contribution in [0.5, 0.6) is 5.75 Å². The van der Waals surface area contributed by atoms with Crippen molar-refractivity contribution in [1.29, 1.82) is 0 Å². The van der Waals surface area contributed by atoms with Gasteiger partial charge in [0, 0.05) is 0 Å². The molecule has 1 fully saturated rings. The van der Waals surface area contributed by atoms with E-state index in [1.54, 1.807) is 7.11 Å². The molecule has 1 atom stereocenters. The Morgan fingerprint density at radius 3 is 2.75 bits per heavy atom. The lowest BCUT2D eigenvalue weighted by Crippen LogP contribution is -2.23. The van der Waals surface area contributed by atoms with Gasteiger partial charge in [-0.2, -0.15) is 0 Å². The Kier molecular flexibility index (Phi) is 5.38. The first kappa shape index (κ1) is 14.8. The first-order valence-corrected chi connectivity index (χ1v) is 6.86. The highest BCUT2D eigenvalue weighted by atomic mass is 16.5. The number of aliphatic hydroxyl groups excluding tert-OH is 1. The summed E-state index contributed by atoms with van der Waals surface area (Å²) in [6.45, 7) is 0.267. The Morgan fingerprint density at radius 1 is 1.35 bits per heavy atom. The second kappa shape index (κ2) is 7.26. The van der Waals surface area contributed by atoms with Crippen LogP contribution in [0.15, 0.2) is 29.4 Å². The first-order chi connectivity index (χ1) is 9.72. The van der Waals surface area contributed by atoms with Crippen molar-refractivity contribution in [3.05, 3.63) is 29.8 Å². The molecule has 0 bridgehead atoms. The molecule has 0 spiro atoms. The molecule has 110 valence electrons. The van der Waals surface area contributed by atoms with E-state index in [0.29, 0.717) is 0 Å². The second-order valence-corrected chi connectivity index (χ2v) is 4.99. The van der Waals surface area contributed by atoms with Crippen LogP contribution in [0.1, 0.15) is 37.4 Å². The zero-order chi connectivity index (χ0) is 14.4. The van der Waals surface area contributed by atoms with Crippen molar-refractivity contribution in [2.75, 3.05) is 13.7 Å². The molecule has 20 heavy (non-hydrogen) atoms. The molecule has 0 aliphatic heterocycles. The topological polar surface area (TPSA) is 71.3 Å². The van der Waals surface area contributed by atoms with Gasteiger partial charge in [-0.25, -0.2) is 0 Å². The van der Waals surface area contributed by atoms with E-state index >= 15 is 0 Å². The van der Waals surface area contributed by atoms with Crippen molar-refractivity contribution >= 4 is 5.71 Å². The number of ether oxygens (including phenoxy) is 2. The second-order valence-electron chi connectivity index (χ2n) is 4.99. The van der Waals surface area contributed by atoms with E-state index in [2.05, 4.69) is 5.16 Å². The molecule has 5 nitrogen and oxygen atoms in total. The Labute approximate surface area is 118 Å². The zero-order valence-electron chi connectivity index (χ0n) is 11.7. The van der Waals surface area contributed by atoms with Gasteiger partial charge in [0.05, 0.1) is 25.5 Å². The minimum absolute atomic E-state index is 0.126. The normalized spacial score (nSPS) is 20.5. The van der Waals surface area contributed by atoms with Gasteiger partial charge in [-0.3, -0.25) is 0 Å². The molecular weight excluding hydrogens is 258 g/mol. The molecular formula is C15H21NO4. The molecule has 0 amide bonds. The summed E-state index contributed by atoms with van der Waals surface area (Å²) in [7, 11) is 1.60. The predicted octanol–water partition coefficient (Wildman–Crippen LogP) is 2.52. The average molecular weight is 279 g/mol. The molecule has 1 aromatic carbocycles. The van der Waals surface area contributed by atoms with Crippen LogP contribution in [0.4, 0.5) is 0 Å². The number of methoxy groups -OCH3 is 1. The zero-order valence-corrected chi connectivity index (χ0v) is 11.7. The van der Waals surface area contributed by atoms with Crippen LogP contribution in [0.25, 0.3) is 0 Å². The van der Waals surface area contributed by atoms with Gasteiger partial charge in [0.1, 0.15) is 11.9 Å². The molecule has 1 unspecified atom stereocenters. The summed E-state index contributed by atoms with van der Waals surface area (Å²) in [6, 6.07) is 7.36. The van der Waals surface area contributed by atoms with Crippen LogP contribution < -0.4 is 4.74 Å². The number of aliphatic hydroxyl groups is 1. The molecule has 0 aromatic heterocycles. The van der Waals surface area contributed by atoms with Gasteiger partial charge in [-0.05, 0) is 43.4 Å². The third-order valence-corrected chi connectivity index (χ3v) is 3.62. The largest absolute Gasteiger partial charge is 0.497 e. The third kappa shape index (κ3) is 3.95. The van der Waals surface area contributed by atoms with Crippen molar-refractivity contribution in [2.45, 2.75) is 37.9 Å². The highest BCUT2D eigenvalue weighted by Gasteiger charge is 2.20. The van der Waals surface area contributed by atoms with Crippen LogP contribution in [0.3, 0.4) is 0 Å². The van der Waals surface area contributed by atoms with E-state index in [1.807, 2.05) is 24.3 Å². The fourth-order valence-electron chi connectivity index (χ4n) is 2.36. The Morgan fingerprint density at radius 2 is 2.10 bits per heavy atom. The van der Waals surface area contributed by atoms with Crippen molar-refractivity contribution in [3.63, 3.8) is 0 Å². The minimum atomic E-state index is -0.655. The maximum Gasteiger partial charge on any atom is 0.119 e. The van der Waals surface area contributed by atoms with Gasteiger partial charge in [-0.1, -0.05) is 17.3 Å². The summed E-state index contributed by atoms with van der Waals surface area (Å²) in [5.41, 5.74) is 1.62. The summed E-state index contributed by atoms with van der Waals surface area (Å²) in [5.74, 6) is 0.725. The molecule has 5 heteroatoms. The van der Waals surface area contributed by atoms with E-state index in [1.165, 1.54) is 0 Å². The maximum absolute atomic E-state index is 10.1. The summed E-state index contributed by atoms with van der Waals surface area (Å²) in [6.07, 6.45) is 2.67. The molecule has 2 N–H and O–H groups in total. The summed E-state index contributed by atoms with van der Waals surface area (Å²) >= 11 is 0. The summed E-state index contributed by atoms with van der Waals surface area (Å²) in [5, 5.41) is 22.1. The van der Waals surface area contributed by atoms with E-state index in [-0.39, 0.29) is 12.7 Å². The number of nitrogens with zero attached hydrogens (tertiary/aromatic N) is 1. The van der Waals surface area contributed by atoms with Crippen LogP contribution in [0.2, 0.25) is 0 Å². The number of hydrogen-bond donors (Lipinski definition) is 2. The maximum atomic E-state index is 10.1. The van der Waals surface area contributed by atoms with Crippen LogP contribution >= 0.6 is 0 Å². The van der Waals surface area contributed by atoms with Crippen LogP contribution in [0, 0.1) is 0 Å². The van der Waals surface area contributed by atoms with Crippen molar-refractivity contribution in [2.24, 2.45) is 5.16 Å². The highest BCUT2D eigenvalue weighted by Crippen LogP contribution is 2.23. The van der Waals surface area contributed by atoms with Gasteiger partial charge in [-0.15, -0.1) is 0 Å². The monoisotopic (exact) mass is 279 g/mol. The lowest BCUT2D eigenvalue weighted by molar-refractivity contribution is -0.0179. The van der Waals surface area contributed by atoms with E-state index in [9.17, 15) is 5.11 Å². The molecule has 0 radical (unpaired) electrons. The summed E-state index contributed by atoms with van der Waals surface area (Å²) < 4.78 is 10.9. The molecule has 1 saturated carbocycles. The van der Waals surface area contributed by atoms with E-state index < -0.39 is 6.10 Å². The van der Waals surface area contributed by atoms with Gasteiger partial charge in [0.25, 0.3) is 0 Å². The highest BCUT2D eigenvalue weighted by molar-refractivity contribution is 5.84. The van der Waals surface area contributed by atoms with Crippen molar-refractivity contribution < 1.29 is 19.8 Å². The number of oxime groups is 1.